The minimum absolute atomic E-state index is 0.0271. The molecule has 252 valence electrons. The van der Waals surface area contributed by atoms with E-state index in [1.165, 1.54) is 17.0 Å². The van der Waals surface area contributed by atoms with Gasteiger partial charge in [-0.3, -0.25) is 14.3 Å². The molecular weight excluding hydrogens is 658 g/mol. The molecule has 12 nitrogen and oxygen atoms in total. The second-order valence-electron chi connectivity index (χ2n) is 12.1. The number of rotatable bonds is 11. The van der Waals surface area contributed by atoms with Gasteiger partial charge in [0.05, 0.1) is 42.3 Å². The number of fused-ring (bicyclic) bond motifs is 2. The summed E-state index contributed by atoms with van der Waals surface area (Å²) in [6, 6.07) is 17.2. The van der Waals surface area contributed by atoms with E-state index in [-0.39, 0.29) is 49.8 Å². The highest BCUT2D eigenvalue weighted by Gasteiger charge is 2.41. The summed E-state index contributed by atoms with van der Waals surface area (Å²) in [5, 5.41) is 12.2. The molecule has 0 bridgehead atoms. The van der Waals surface area contributed by atoms with E-state index in [9.17, 15) is 27.9 Å². The van der Waals surface area contributed by atoms with Crippen LogP contribution in [-0.4, -0.2) is 99.9 Å². The summed E-state index contributed by atoms with van der Waals surface area (Å²) < 4.78 is 35.0. The van der Waals surface area contributed by atoms with Gasteiger partial charge in [0.25, 0.3) is 0 Å². The van der Waals surface area contributed by atoms with E-state index in [0.29, 0.717) is 35.6 Å². The number of nitrogens with zero attached hydrogens (tertiary/aromatic N) is 5. The van der Waals surface area contributed by atoms with Crippen molar-refractivity contribution in [2.24, 2.45) is 0 Å². The standard InChI is InChI=1S/C34H36ClN5O7S/c1-23-36-19-29-20-39(33(42)40(23)29)28-11-13-37(14-12-28)32(41)31(38(34(43)44)15-16-47-21-24-5-3-2-4-6-24)22-48(45,46)30-10-8-25-17-27(35)9-7-26(25)18-30/h2-10,17-19,28,31H,11-16,20-22H2,1H3,(H,43,44)/t31-/m1/s1. The highest BCUT2D eigenvalue weighted by molar-refractivity contribution is 7.91. The van der Waals surface area contributed by atoms with Crippen molar-refractivity contribution < 1.29 is 32.6 Å². The third kappa shape index (κ3) is 7.03. The second kappa shape index (κ2) is 14.0. The van der Waals surface area contributed by atoms with Crippen LogP contribution in [0.25, 0.3) is 10.8 Å². The predicted octanol–water partition coefficient (Wildman–Crippen LogP) is 4.81. The molecule has 0 aliphatic carbocycles. The summed E-state index contributed by atoms with van der Waals surface area (Å²) in [5.41, 5.74) is 1.70. The van der Waals surface area contributed by atoms with E-state index in [4.69, 9.17) is 16.3 Å². The largest absolute Gasteiger partial charge is 0.465 e. The minimum atomic E-state index is -4.14. The second-order valence-corrected chi connectivity index (χ2v) is 14.5. The average Bonchev–Trinajstić information content (AvgIpc) is 3.62. The van der Waals surface area contributed by atoms with E-state index < -0.39 is 33.6 Å². The van der Waals surface area contributed by atoms with Crippen LogP contribution in [0, 0.1) is 6.92 Å². The number of ether oxygens (including phenoxy) is 1. The van der Waals surface area contributed by atoms with Gasteiger partial charge in [-0.25, -0.2) is 23.0 Å². The van der Waals surface area contributed by atoms with Crippen molar-refractivity contribution in [1.82, 2.24) is 24.3 Å². The van der Waals surface area contributed by atoms with Crippen LogP contribution in [0.15, 0.2) is 77.8 Å². The van der Waals surface area contributed by atoms with Crippen LogP contribution in [-0.2, 0) is 32.5 Å². The lowest BCUT2D eigenvalue weighted by atomic mass is 10.0. The first-order valence-electron chi connectivity index (χ1n) is 15.7. The van der Waals surface area contributed by atoms with Crippen molar-refractivity contribution in [3.05, 3.63) is 95.0 Å². The molecule has 0 unspecified atom stereocenters. The number of aromatic nitrogens is 2. The number of benzene rings is 3. The number of carboxylic acid groups (broad SMARTS) is 1. The molecule has 1 fully saturated rings. The molecule has 1 aromatic heterocycles. The first-order valence-corrected chi connectivity index (χ1v) is 17.7. The molecule has 2 aliphatic rings. The normalized spacial score (nSPS) is 15.9. The van der Waals surface area contributed by atoms with Crippen LogP contribution in [0.5, 0.6) is 0 Å². The molecule has 48 heavy (non-hydrogen) atoms. The summed E-state index contributed by atoms with van der Waals surface area (Å²) in [5.74, 6) is -0.734. The van der Waals surface area contributed by atoms with E-state index in [1.54, 1.807) is 46.9 Å². The Morgan fingerprint density at radius 3 is 2.48 bits per heavy atom. The topological polar surface area (TPSA) is 142 Å². The lowest BCUT2D eigenvalue weighted by Gasteiger charge is -2.39. The zero-order valence-corrected chi connectivity index (χ0v) is 27.9. The Morgan fingerprint density at radius 2 is 1.77 bits per heavy atom. The Hall–Kier alpha value is -4.46. The highest BCUT2D eigenvalue weighted by atomic mass is 35.5. The van der Waals surface area contributed by atoms with Crippen molar-refractivity contribution in [3.63, 3.8) is 0 Å². The number of sulfone groups is 1. The zero-order chi connectivity index (χ0) is 34.0. The summed E-state index contributed by atoms with van der Waals surface area (Å²) >= 11 is 6.10. The number of amides is 3. The molecule has 2 aliphatic heterocycles. The number of aryl methyl sites for hydroxylation is 1. The number of carbonyl (C=O) groups is 3. The van der Waals surface area contributed by atoms with E-state index in [0.717, 1.165) is 21.5 Å². The summed E-state index contributed by atoms with van der Waals surface area (Å²) in [6.45, 7) is 2.65. The van der Waals surface area contributed by atoms with Gasteiger partial charge < -0.3 is 19.6 Å². The number of halogens is 1. The maximum Gasteiger partial charge on any atom is 0.408 e. The zero-order valence-electron chi connectivity index (χ0n) is 26.4. The van der Waals surface area contributed by atoms with Crippen LogP contribution in [0.1, 0.15) is 29.9 Å². The summed E-state index contributed by atoms with van der Waals surface area (Å²) in [6.07, 6.45) is 1.19. The molecule has 3 aromatic carbocycles. The monoisotopic (exact) mass is 693 g/mol. The van der Waals surface area contributed by atoms with Gasteiger partial charge in [0.1, 0.15) is 11.9 Å². The fraction of sp³-hybridized carbons (Fsp3) is 0.353. The average molecular weight is 694 g/mol. The fourth-order valence-electron chi connectivity index (χ4n) is 6.43. The summed E-state index contributed by atoms with van der Waals surface area (Å²) in [4.78, 5) is 48.2. The first-order chi connectivity index (χ1) is 23.0. The predicted molar refractivity (Wildman–Crippen MR) is 179 cm³/mol. The van der Waals surface area contributed by atoms with Crippen LogP contribution >= 0.6 is 11.6 Å². The molecule has 3 amide bonds. The van der Waals surface area contributed by atoms with Crippen molar-refractivity contribution in [3.8, 4) is 0 Å². The Morgan fingerprint density at radius 1 is 1.06 bits per heavy atom. The van der Waals surface area contributed by atoms with E-state index in [1.807, 2.05) is 30.3 Å². The number of hydrogen-bond acceptors (Lipinski definition) is 7. The van der Waals surface area contributed by atoms with Crippen LogP contribution in [0.2, 0.25) is 5.02 Å². The molecule has 1 atom stereocenters. The van der Waals surface area contributed by atoms with Gasteiger partial charge >= 0.3 is 12.1 Å². The molecule has 1 N–H and O–H groups in total. The lowest BCUT2D eigenvalue weighted by Crippen LogP contribution is -2.57. The van der Waals surface area contributed by atoms with Crippen LogP contribution < -0.4 is 0 Å². The molecule has 0 radical (unpaired) electrons. The molecule has 14 heteroatoms. The van der Waals surface area contributed by atoms with E-state index >= 15 is 0 Å². The number of carbonyl (C=O) groups excluding carboxylic acids is 2. The minimum Gasteiger partial charge on any atom is -0.465 e. The third-order valence-electron chi connectivity index (χ3n) is 9.00. The number of hydrogen-bond donors (Lipinski definition) is 1. The van der Waals surface area contributed by atoms with Crippen molar-refractivity contribution in [2.75, 3.05) is 32.0 Å². The maximum absolute atomic E-state index is 14.1. The SMILES string of the molecule is Cc1ncc2n1C(=O)N(C1CCN(C(=O)[C@@H](CS(=O)(=O)c3ccc4cc(Cl)ccc4c3)N(CCOCc3ccccc3)C(=O)O)CC1)C2. The molecule has 0 spiro atoms. The first kappa shape index (κ1) is 33.4. The number of imidazole rings is 1. The van der Waals surface area contributed by atoms with E-state index in [2.05, 4.69) is 4.98 Å². The molecule has 1 saturated heterocycles. The van der Waals surface area contributed by atoms with Crippen molar-refractivity contribution in [2.45, 2.75) is 49.9 Å². The molecule has 3 heterocycles. The highest BCUT2D eigenvalue weighted by Crippen LogP contribution is 2.28. The quantitative estimate of drug-likeness (QED) is 0.221. The van der Waals surface area contributed by atoms with Crippen molar-refractivity contribution in [1.29, 1.82) is 0 Å². The Bertz CT molecular complexity index is 1940. The van der Waals surface area contributed by atoms with Crippen LogP contribution in [0.3, 0.4) is 0 Å². The molecular formula is C34H36ClN5O7S. The lowest BCUT2D eigenvalue weighted by molar-refractivity contribution is -0.137. The Labute approximate surface area is 283 Å². The van der Waals surface area contributed by atoms with Gasteiger partial charge in [-0.1, -0.05) is 54.1 Å². The van der Waals surface area contributed by atoms with Crippen molar-refractivity contribution >= 4 is 50.2 Å². The maximum atomic E-state index is 14.1. The fourth-order valence-corrected chi connectivity index (χ4v) is 8.12. The third-order valence-corrected chi connectivity index (χ3v) is 11.0. The summed E-state index contributed by atoms with van der Waals surface area (Å²) in [7, 11) is -4.14. The smallest absolute Gasteiger partial charge is 0.408 e. The van der Waals surface area contributed by atoms with Gasteiger partial charge in [0, 0.05) is 30.7 Å². The molecule has 0 saturated carbocycles. The Kier molecular flexibility index (Phi) is 9.72. The van der Waals surface area contributed by atoms with Crippen LogP contribution in [0.4, 0.5) is 9.59 Å². The Balaban J connectivity index is 1.20. The van der Waals surface area contributed by atoms with Gasteiger partial charge in [-0.05, 0) is 60.4 Å². The van der Waals surface area contributed by atoms with Gasteiger partial charge in [-0.15, -0.1) is 0 Å². The molecule has 4 aromatic rings. The molecule has 6 rings (SSSR count). The van der Waals surface area contributed by atoms with Gasteiger partial charge in [-0.2, -0.15) is 0 Å². The number of likely N-dealkylation sites (tertiary alicyclic amines) is 1. The number of piperidine rings is 1. The van der Waals surface area contributed by atoms with Gasteiger partial charge in [0.2, 0.25) is 5.91 Å². The van der Waals surface area contributed by atoms with Gasteiger partial charge in [0.15, 0.2) is 9.84 Å².